The summed E-state index contributed by atoms with van der Waals surface area (Å²) < 4.78 is 4.81. The Kier molecular flexibility index (Phi) is 6.14. The molecule has 0 aliphatic carbocycles. The summed E-state index contributed by atoms with van der Waals surface area (Å²) in [6.45, 7) is 2.04. The summed E-state index contributed by atoms with van der Waals surface area (Å²) in [7, 11) is 0. The molecule has 110 valence electrons. The quantitative estimate of drug-likeness (QED) is 0.635. The molecule has 0 fully saturated rings. The number of hydrogen-bond donors (Lipinski definition) is 3. The standard InChI is InChI=1S/C14H18O6/c1-2-20-13(18)7-9-3-5-10(6-4-9)14(19)11(15)8-12(16)17/h3-6,11,14-15,19H,2,7-8H2,1H3,(H,16,17). The van der Waals surface area contributed by atoms with Crippen molar-refractivity contribution in [3.05, 3.63) is 35.4 Å². The van der Waals surface area contributed by atoms with Crippen molar-refractivity contribution in [2.75, 3.05) is 6.61 Å². The highest BCUT2D eigenvalue weighted by Crippen LogP contribution is 2.19. The van der Waals surface area contributed by atoms with Gasteiger partial charge in [0.25, 0.3) is 0 Å². The number of carbonyl (C=O) groups is 2. The van der Waals surface area contributed by atoms with Crippen molar-refractivity contribution < 1.29 is 29.6 Å². The molecule has 0 spiro atoms. The molecule has 0 radical (unpaired) electrons. The fourth-order valence-corrected chi connectivity index (χ4v) is 1.72. The summed E-state index contributed by atoms with van der Waals surface area (Å²) in [5, 5.41) is 27.9. The largest absolute Gasteiger partial charge is 0.481 e. The monoisotopic (exact) mass is 282 g/mol. The Morgan fingerprint density at radius 3 is 2.30 bits per heavy atom. The lowest BCUT2D eigenvalue weighted by atomic mass is 10.00. The summed E-state index contributed by atoms with van der Waals surface area (Å²) in [6.07, 6.45) is -3.06. The molecular weight excluding hydrogens is 264 g/mol. The maximum Gasteiger partial charge on any atom is 0.310 e. The number of aliphatic carboxylic acids is 1. The second-order valence-electron chi connectivity index (χ2n) is 4.33. The van der Waals surface area contributed by atoms with Crippen LogP contribution in [0.4, 0.5) is 0 Å². The van der Waals surface area contributed by atoms with E-state index in [2.05, 4.69) is 0 Å². The minimum absolute atomic E-state index is 0.127. The van der Waals surface area contributed by atoms with Crippen LogP contribution in [0.1, 0.15) is 30.6 Å². The maximum atomic E-state index is 11.3. The molecule has 6 heteroatoms. The van der Waals surface area contributed by atoms with Crippen LogP contribution in [0.2, 0.25) is 0 Å². The molecule has 1 aromatic rings. The molecular formula is C14H18O6. The Labute approximate surface area is 116 Å². The first-order valence-corrected chi connectivity index (χ1v) is 6.26. The lowest BCUT2D eigenvalue weighted by molar-refractivity contribution is -0.142. The molecule has 2 unspecified atom stereocenters. The predicted octanol–water partition coefficient (Wildman–Crippen LogP) is 0.661. The molecule has 0 amide bonds. The number of carbonyl (C=O) groups excluding carboxylic acids is 1. The Morgan fingerprint density at radius 2 is 1.80 bits per heavy atom. The van der Waals surface area contributed by atoms with E-state index in [4.69, 9.17) is 9.84 Å². The summed E-state index contributed by atoms with van der Waals surface area (Å²) in [6, 6.07) is 6.35. The Morgan fingerprint density at radius 1 is 1.20 bits per heavy atom. The summed E-state index contributed by atoms with van der Waals surface area (Å²) >= 11 is 0. The highest BCUT2D eigenvalue weighted by atomic mass is 16.5. The highest BCUT2D eigenvalue weighted by molar-refractivity contribution is 5.72. The number of ether oxygens (including phenoxy) is 1. The molecule has 3 N–H and O–H groups in total. The smallest absolute Gasteiger partial charge is 0.310 e. The molecule has 0 bridgehead atoms. The number of aliphatic hydroxyl groups is 2. The summed E-state index contributed by atoms with van der Waals surface area (Å²) in [5.41, 5.74) is 1.11. The van der Waals surface area contributed by atoms with Gasteiger partial charge < -0.3 is 20.1 Å². The van der Waals surface area contributed by atoms with Crippen molar-refractivity contribution in [3.8, 4) is 0 Å². The number of esters is 1. The zero-order chi connectivity index (χ0) is 15.1. The van der Waals surface area contributed by atoms with Crippen molar-refractivity contribution >= 4 is 11.9 Å². The number of hydrogen-bond acceptors (Lipinski definition) is 5. The van der Waals surface area contributed by atoms with Gasteiger partial charge >= 0.3 is 11.9 Å². The van der Waals surface area contributed by atoms with Crippen LogP contribution >= 0.6 is 0 Å². The molecule has 0 saturated carbocycles. The molecule has 1 aromatic carbocycles. The number of aliphatic hydroxyl groups excluding tert-OH is 2. The van der Waals surface area contributed by atoms with Crippen LogP contribution in [-0.4, -0.2) is 40.0 Å². The van der Waals surface area contributed by atoms with Crippen molar-refractivity contribution in [2.45, 2.75) is 32.0 Å². The average Bonchev–Trinajstić information content (AvgIpc) is 2.38. The number of benzene rings is 1. The zero-order valence-electron chi connectivity index (χ0n) is 11.2. The lowest BCUT2D eigenvalue weighted by Gasteiger charge is -2.16. The van der Waals surface area contributed by atoms with Gasteiger partial charge in [-0.3, -0.25) is 9.59 Å². The van der Waals surface area contributed by atoms with E-state index in [1.807, 2.05) is 0 Å². The molecule has 1 rings (SSSR count). The molecule has 0 aliphatic heterocycles. The Bertz CT molecular complexity index is 453. The van der Waals surface area contributed by atoms with Crippen molar-refractivity contribution in [2.24, 2.45) is 0 Å². The third kappa shape index (κ3) is 4.99. The van der Waals surface area contributed by atoms with E-state index in [9.17, 15) is 19.8 Å². The number of rotatable bonds is 7. The van der Waals surface area contributed by atoms with Gasteiger partial charge in [0, 0.05) is 0 Å². The van der Waals surface area contributed by atoms with Crippen LogP contribution in [-0.2, 0) is 20.7 Å². The zero-order valence-corrected chi connectivity index (χ0v) is 11.2. The predicted molar refractivity (Wildman–Crippen MR) is 70.0 cm³/mol. The summed E-state index contributed by atoms with van der Waals surface area (Å²) in [4.78, 5) is 21.7. The SMILES string of the molecule is CCOC(=O)Cc1ccc(C(O)C(O)CC(=O)O)cc1. The minimum Gasteiger partial charge on any atom is -0.481 e. The second kappa shape index (κ2) is 7.62. The van der Waals surface area contributed by atoms with E-state index in [0.717, 1.165) is 0 Å². The van der Waals surface area contributed by atoms with Gasteiger partial charge in [-0.1, -0.05) is 24.3 Å². The number of carboxylic acid groups (broad SMARTS) is 1. The summed E-state index contributed by atoms with van der Waals surface area (Å²) in [5.74, 6) is -1.53. The van der Waals surface area contributed by atoms with Crippen molar-refractivity contribution in [3.63, 3.8) is 0 Å². The van der Waals surface area contributed by atoms with Gasteiger partial charge in [-0.25, -0.2) is 0 Å². The van der Waals surface area contributed by atoms with Gasteiger partial charge in [0.15, 0.2) is 0 Å². The molecule has 0 aromatic heterocycles. The molecule has 6 nitrogen and oxygen atoms in total. The third-order valence-electron chi connectivity index (χ3n) is 2.72. The van der Waals surface area contributed by atoms with Crippen LogP contribution in [0.5, 0.6) is 0 Å². The normalized spacial score (nSPS) is 13.6. The van der Waals surface area contributed by atoms with E-state index in [1.54, 1.807) is 31.2 Å². The van der Waals surface area contributed by atoms with E-state index < -0.39 is 24.6 Å². The molecule has 0 aliphatic rings. The van der Waals surface area contributed by atoms with E-state index in [-0.39, 0.29) is 12.4 Å². The lowest BCUT2D eigenvalue weighted by Crippen LogP contribution is -2.21. The highest BCUT2D eigenvalue weighted by Gasteiger charge is 2.21. The van der Waals surface area contributed by atoms with Gasteiger partial charge in [0.1, 0.15) is 6.10 Å². The third-order valence-corrected chi connectivity index (χ3v) is 2.72. The first-order chi connectivity index (χ1) is 9.43. The van der Waals surface area contributed by atoms with Gasteiger partial charge in [-0.2, -0.15) is 0 Å². The topological polar surface area (TPSA) is 104 Å². The molecule has 20 heavy (non-hydrogen) atoms. The first-order valence-electron chi connectivity index (χ1n) is 6.26. The van der Waals surface area contributed by atoms with Gasteiger partial charge in [0.05, 0.1) is 25.6 Å². The first kappa shape index (κ1) is 16.1. The second-order valence-corrected chi connectivity index (χ2v) is 4.33. The van der Waals surface area contributed by atoms with Crippen LogP contribution in [0.15, 0.2) is 24.3 Å². The van der Waals surface area contributed by atoms with Crippen LogP contribution in [0.25, 0.3) is 0 Å². The Balaban J connectivity index is 2.65. The number of carboxylic acids is 1. The average molecular weight is 282 g/mol. The van der Waals surface area contributed by atoms with Crippen LogP contribution in [0.3, 0.4) is 0 Å². The molecule has 0 saturated heterocycles. The van der Waals surface area contributed by atoms with Crippen LogP contribution in [0, 0.1) is 0 Å². The Hall–Kier alpha value is -1.92. The van der Waals surface area contributed by atoms with Crippen LogP contribution < -0.4 is 0 Å². The molecule has 2 atom stereocenters. The fourth-order valence-electron chi connectivity index (χ4n) is 1.72. The van der Waals surface area contributed by atoms with E-state index in [0.29, 0.717) is 17.7 Å². The van der Waals surface area contributed by atoms with E-state index in [1.165, 1.54) is 0 Å². The van der Waals surface area contributed by atoms with E-state index >= 15 is 0 Å². The fraction of sp³-hybridized carbons (Fsp3) is 0.429. The van der Waals surface area contributed by atoms with Gasteiger partial charge in [-0.05, 0) is 18.1 Å². The van der Waals surface area contributed by atoms with Gasteiger partial charge in [0.2, 0.25) is 0 Å². The molecule has 0 heterocycles. The van der Waals surface area contributed by atoms with Crippen molar-refractivity contribution in [1.29, 1.82) is 0 Å². The van der Waals surface area contributed by atoms with Gasteiger partial charge in [-0.15, -0.1) is 0 Å². The minimum atomic E-state index is -1.37. The maximum absolute atomic E-state index is 11.3. The van der Waals surface area contributed by atoms with Crippen molar-refractivity contribution in [1.82, 2.24) is 0 Å².